The van der Waals surface area contributed by atoms with Crippen LogP contribution < -0.4 is 5.30 Å². The molecule has 2 aromatic rings. The Hall–Kier alpha value is -1.48. The van der Waals surface area contributed by atoms with Crippen LogP contribution in [0, 0.1) is 0 Å². The lowest BCUT2D eigenvalue weighted by molar-refractivity contribution is 0.0697. The van der Waals surface area contributed by atoms with E-state index in [-0.39, 0.29) is 0 Å². The predicted molar refractivity (Wildman–Crippen MR) is 74.0 cm³/mol. The van der Waals surface area contributed by atoms with E-state index < -0.39 is 5.97 Å². The van der Waals surface area contributed by atoms with E-state index in [1.54, 1.807) is 19.2 Å². The Morgan fingerprint density at radius 2 is 1.72 bits per heavy atom. The summed E-state index contributed by atoms with van der Waals surface area (Å²) in [4.78, 5) is 10.8. The fraction of sp³-hybridized carbons (Fsp3) is 0.154. The van der Waals surface area contributed by atoms with Crippen molar-refractivity contribution in [1.82, 2.24) is 0 Å². The molecule has 0 aliphatic carbocycles. The molecule has 4 nitrogen and oxygen atoms in total. The van der Waals surface area contributed by atoms with Crippen molar-refractivity contribution < 1.29 is 19.5 Å². The van der Waals surface area contributed by atoms with Gasteiger partial charge in [0.15, 0.2) is 0 Å². The van der Waals surface area contributed by atoms with Gasteiger partial charge < -0.3 is 14.7 Å². The molecular formula is C13H15O4P. The first kappa shape index (κ1) is 14.6. The number of aromatic carboxylic acids is 1. The Kier molecular flexibility index (Phi) is 5.72. The topological polar surface area (TPSA) is 66.8 Å². The lowest BCUT2D eigenvalue weighted by atomic mass is 10.1. The van der Waals surface area contributed by atoms with Gasteiger partial charge in [-0.25, -0.2) is 4.79 Å². The quantitative estimate of drug-likeness (QED) is 0.834. The Labute approximate surface area is 107 Å². The number of aliphatic hydroxyl groups excluding tert-OH is 1. The molecule has 1 unspecified atom stereocenters. The van der Waals surface area contributed by atoms with Gasteiger partial charge in [-0.3, -0.25) is 0 Å². The minimum Gasteiger partial charge on any atom is -0.478 e. The van der Waals surface area contributed by atoms with Gasteiger partial charge in [0.2, 0.25) is 0 Å². The Morgan fingerprint density at radius 1 is 1.11 bits per heavy atom. The van der Waals surface area contributed by atoms with Crippen LogP contribution in [0.5, 0.6) is 0 Å². The molecule has 2 N–H and O–H groups in total. The summed E-state index contributed by atoms with van der Waals surface area (Å²) in [6, 6.07) is 11.0. The highest BCUT2D eigenvalue weighted by Crippen LogP contribution is 2.18. The molecule has 96 valence electrons. The number of aliphatic hydroxyl groups is 1. The molecule has 0 saturated carbocycles. The van der Waals surface area contributed by atoms with Crippen molar-refractivity contribution in [3.8, 4) is 0 Å². The number of rotatable bonds is 3. The van der Waals surface area contributed by atoms with Gasteiger partial charge in [0.25, 0.3) is 0 Å². The summed E-state index contributed by atoms with van der Waals surface area (Å²) in [5.74, 6) is -0.898. The molecule has 1 atom stereocenters. The summed E-state index contributed by atoms with van der Waals surface area (Å²) in [6.07, 6.45) is 0. The van der Waals surface area contributed by atoms with Crippen molar-refractivity contribution in [3.05, 3.63) is 42.0 Å². The third-order valence-electron chi connectivity index (χ3n) is 2.31. The minimum absolute atomic E-state index is 0.314. The van der Waals surface area contributed by atoms with Crippen LogP contribution >= 0.6 is 8.81 Å². The fourth-order valence-electron chi connectivity index (χ4n) is 1.56. The van der Waals surface area contributed by atoms with Gasteiger partial charge in [0.05, 0.1) is 5.56 Å². The van der Waals surface area contributed by atoms with Crippen LogP contribution in [0.25, 0.3) is 10.8 Å². The molecule has 2 rings (SSSR count). The van der Waals surface area contributed by atoms with Crippen LogP contribution in [-0.4, -0.2) is 30.4 Å². The molecule has 0 heterocycles. The lowest BCUT2D eigenvalue weighted by Crippen LogP contribution is -1.97. The van der Waals surface area contributed by atoms with Crippen LogP contribution in [0.4, 0.5) is 0 Å². The zero-order valence-corrected chi connectivity index (χ0v) is 11.2. The van der Waals surface area contributed by atoms with Crippen molar-refractivity contribution in [1.29, 1.82) is 0 Å². The van der Waals surface area contributed by atoms with Crippen molar-refractivity contribution in [2.24, 2.45) is 0 Å². The van der Waals surface area contributed by atoms with Crippen molar-refractivity contribution in [2.45, 2.75) is 0 Å². The van der Waals surface area contributed by atoms with Crippen LogP contribution in [0.15, 0.2) is 36.4 Å². The van der Waals surface area contributed by atoms with Gasteiger partial charge in [-0.1, -0.05) is 18.2 Å². The van der Waals surface area contributed by atoms with Gasteiger partial charge in [-0.15, -0.1) is 0 Å². The summed E-state index contributed by atoms with van der Waals surface area (Å²) in [6.45, 7) is 0. The van der Waals surface area contributed by atoms with E-state index in [1.165, 1.54) is 0 Å². The first-order chi connectivity index (χ1) is 8.70. The third kappa shape index (κ3) is 3.50. The molecule has 0 radical (unpaired) electrons. The number of carbonyl (C=O) groups is 1. The number of hydrogen-bond donors (Lipinski definition) is 2. The minimum atomic E-state index is -0.898. The molecule has 0 amide bonds. The Morgan fingerprint density at radius 3 is 2.33 bits per heavy atom. The smallest absolute Gasteiger partial charge is 0.335 e. The first-order valence-electron chi connectivity index (χ1n) is 5.21. The van der Waals surface area contributed by atoms with E-state index >= 15 is 0 Å². The average Bonchev–Trinajstić information content (AvgIpc) is 2.40. The highest BCUT2D eigenvalue weighted by atomic mass is 31.1. The average molecular weight is 266 g/mol. The summed E-state index contributed by atoms with van der Waals surface area (Å²) >= 11 is 0. The van der Waals surface area contributed by atoms with E-state index in [0.717, 1.165) is 23.2 Å². The van der Waals surface area contributed by atoms with Gasteiger partial charge in [-0.05, 0) is 29.0 Å². The van der Waals surface area contributed by atoms with E-state index in [2.05, 4.69) is 0 Å². The summed E-state index contributed by atoms with van der Waals surface area (Å²) in [5, 5.41) is 18.9. The largest absolute Gasteiger partial charge is 0.478 e. The van der Waals surface area contributed by atoms with E-state index in [9.17, 15) is 4.79 Å². The van der Waals surface area contributed by atoms with Crippen LogP contribution in [-0.2, 0) is 4.52 Å². The molecule has 5 heteroatoms. The predicted octanol–water partition coefficient (Wildman–Crippen LogP) is 2.01. The molecule has 2 aromatic carbocycles. The maximum absolute atomic E-state index is 10.8. The molecular weight excluding hydrogens is 251 g/mol. The highest BCUT2D eigenvalue weighted by molar-refractivity contribution is 7.41. The van der Waals surface area contributed by atoms with Crippen molar-refractivity contribution in [2.75, 3.05) is 14.2 Å². The van der Waals surface area contributed by atoms with E-state index in [1.807, 2.05) is 24.3 Å². The zero-order chi connectivity index (χ0) is 13.5. The SMILES string of the molecule is CO.COPc1ccc2cc(C(=O)O)ccc2c1. The zero-order valence-electron chi connectivity index (χ0n) is 10.2. The normalized spacial score (nSPS) is 10.4. The Balaban J connectivity index is 0.000000771. The molecule has 0 saturated heterocycles. The second-order valence-corrected chi connectivity index (χ2v) is 4.58. The van der Waals surface area contributed by atoms with E-state index in [4.69, 9.17) is 14.7 Å². The lowest BCUT2D eigenvalue weighted by Gasteiger charge is -2.03. The number of carboxylic acids is 1. The van der Waals surface area contributed by atoms with Crippen LogP contribution in [0.2, 0.25) is 0 Å². The molecule has 0 aliphatic rings. The number of hydrogen-bond acceptors (Lipinski definition) is 3. The highest BCUT2D eigenvalue weighted by Gasteiger charge is 2.03. The summed E-state index contributed by atoms with van der Waals surface area (Å²) < 4.78 is 5.07. The van der Waals surface area contributed by atoms with Gasteiger partial charge in [0, 0.05) is 28.3 Å². The summed E-state index contributed by atoms with van der Waals surface area (Å²) in [5.41, 5.74) is 0.314. The molecule has 0 spiro atoms. The first-order valence-corrected chi connectivity index (χ1v) is 6.12. The number of benzene rings is 2. The van der Waals surface area contributed by atoms with Gasteiger partial charge in [0.1, 0.15) is 0 Å². The van der Waals surface area contributed by atoms with Crippen LogP contribution in [0.3, 0.4) is 0 Å². The van der Waals surface area contributed by atoms with Gasteiger partial charge in [-0.2, -0.15) is 0 Å². The third-order valence-corrected chi connectivity index (χ3v) is 3.06. The van der Waals surface area contributed by atoms with Crippen molar-refractivity contribution >= 4 is 30.9 Å². The van der Waals surface area contributed by atoms with Crippen LogP contribution in [0.1, 0.15) is 10.4 Å². The molecule has 0 bridgehead atoms. The molecule has 0 aromatic heterocycles. The molecule has 0 fully saturated rings. The molecule has 0 aliphatic heterocycles. The Bertz CT molecular complexity index is 540. The standard InChI is InChI=1S/C12H11O3P.CH4O/c1-15-16-11-5-4-8-6-10(12(13)14)3-2-9(8)7-11;1-2/h2-7,16H,1H3,(H,13,14);2H,1H3. The second-order valence-electron chi connectivity index (χ2n) is 3.39. The van der Waals surface area contributed by atoms with Crippen molar-refractivity contribution in [3.63, 3.8) is 0 Å². The monoisotopic (exact) mass is 266 g/mol. The number of fused-ring (bicyclic) bond motifs is 1. The second kappa shape index (κ2) is 7.07. The van der Waals surface area contributed by atoms with E-state index in [0.29, 0.717) is 14.4 Å². The maximum Gasteiger partial charge on any atom is 0.335 e. The molecule has 18 heavy (non-hydrogen) atoms. The summed E-state index contributed by atoms with van der Waals surface area (Å²) in [7, 11) is 2.99. The maximum atomic E-state index is 10.8. The number of carboxylic acid groups (broad SMARTS) is 1. The van der Waals surface area contributed by atoms with Gasteiger partial charge >= 0.3 is 5.97 Å². The fourth-order valence-corrected chi connectivity index (χ4v) is 2.16.